The number of hydrogen-bond acceptors (Lipinski definition) is 1. The summed E-state index contributed by atoms with van der Waals surface area (Å²) in [5.41, 5.74) is 6.57. The van der Waals surface area contributed by atoms with E-state index >= 15 is 0 Å². The van der Waals surface area contributed by atoms with E-state index in [0.29, 0.717) is 5.56 Å². The average Bonchev–Trinajstić information content (AvgIpc) is 2.40. The molecule has 0 spiro atoms. The van der Waals surface area contributed by atoms with Gasteiger partial charge in [-0.1, -0.05) is 75.6 Å². The summed E-state index contributed by atoms with van der Waals surface area (Å²) < 4.78 is 13.8. The second kappa shape index (κ2) is 9.33. The monoisotopic (exact) mass is 285 g/mol. The van der Waals surface area contributed by atoms with Crippen LogP contribution in [-0.4, -0.2) is 0 Å². The lowest BCUT2D eigenvalue weighted by Crippen LogP contribution is -2.12. The Morgan fingerprint density at radius 2 is 1.74 bits per heavy atom. The Bertz CT molecular complexity index is 368. The third-order valence-electron chi connectivity index (χ3n) is 3.50. The lowest BCUT2D eigenvalue weighted by atomic mass is 10.00. The van der Waals surface area contributed by atoms with Crippen LogP contribution in [0.15, 0.2) is 18.2 Å². The standard InChI is InChI=1S/C16H25ClFN/c1-2-3-4-5-6-7-8-12-15(19)13-10-9-11-14(17)16(13)18/h9-11,15H,2-8,12,19H2,1H3. The zero-order chi connectivity index (χ0) is 14.1. The van der Waals surface area contributed by atoms with Crippen LogP contribution in [0.25, 0.3) is 0 Å². The highest BCUT2D eigenvalue weighted by Crippen LogP contribution is 2.25. The maximum atomic E-state index is 13.8. The van der Waals surface area contributed by atoms with Crippen LogP contribution in [0.3, 0.4) is 0 Å². The van der Waals surface area contributed by atoms with Crippen molar-refractivity contribution in [3.8, 4) is 0 Å². The molecule has 0 radical (unpaired) electrons. The van der Waals surface area contributed by atoms with Crippen molar-refractivity contribution >= 4 is 11.6 Å². The highest BCUT2D eigenvalue weighted by molar-refractivity contribution is 6.30. The van der Waals surface area contributed by atoms with Crippen LogP contribution in [0.5, 0.6) is 0 Å². The molecule has 0 aliphatic carbocycles. The van der Waals surface area contributed by atoms with Gasteiger partial charge in [-0.05, 0) is 12.5 Å². The van der Waals surface area contributed by atoms with Crippen LogP contribution < -0.4 is 5.73 Å². The Labute approximate surface area is 121 Å². The zero-order valence-electron chi connectivity index (χ0n) is 11.8. The Balaban J connectivity index is 2.24. The number of rotatable bonds is 9. The van der Waals surface area contributed by atoms with Gasteiger partial charge in [-0.3, -0.25) is 0 Å². The van der Waals surface area contributed by atoms with E-state index in [2.05, 4.69) is 6.92 Å². The molecule has 1 nitrogen and oxygen atoms in total. The summed E-state index contributed by atoms with van der Waals surface area (Å²) in [6.45, 7) is 2.22. The summed E-state index contributed by atoms with van der Waals surface area (Å²) in [5.74, 6) is -0.361. The Kier molecular flexibility index (Phi) is 8.08. The van der Waals surface area contributed by atoms with E-state index in [1.165, 1.54) is 38.5 Å². The van der Waals surface area contributed by atoms with Gasteiger partial charge in [0.2, 0.25) is 0 Å². The molecule has 0 aliphatic heterocycles. The fraction of sp³-hybridized carbons (Fsp3) is 0.625. The molecule has 1 aromatic carbocycles. The highest BCUT2D eigenvalue weighted by Gasteiger charge is 2.13. The Morgan fingerprint density at radius 3 is 2.42 bits per heavy atom. The van der Waals surface area contributed by atoms with E-state index in [0.717, 1.165) is 12.8 Å². The third kappa shape index (κ3) is 5.92. The van der Waals surface area contributed by atoms with Gasteiger partial charge in [-0.25, -0.2) is 4.39 Å². The fourth-order valence-corrected chi connectivity index (χ4v) is 2.47. The van der Waals surface area contributed by atoms with Crippen LogP contribution in [0.1, 0.15) is 69.9 Å². The molecule has 0 saturated heterocycles. The molecule has 2 N–H and O–H groups in total. The quantitative estimate of drug-likeness (QED) is 0.586. The molecule has 0 saturated carbocycles. The van der Waals surface area contributed by atoms with E-state index in [-0.39, 0.29) is 16.9 Å². The summed E-state index contributed by atoms with van der Waals surface area (Å²) >= 11 is 5.76. The van der Waals surface area contributed by atoms with E-state index in [9.17, 15) is 4.39 Å². The number of benzene rings is 1. The van der Waals surface area contributed by atoms with E-state index in [1.807, 2.05) is 0 Å². The van der Waals surface area contributed by atoms with Crippen molar-refractivity contribution in [2.45, 2.75) is 64.3 Å². The van der Waals surface area contributed by atoms with Crippen LogP contribution in [-0.2, 0) is 0 Å². The van der Waals surface area contributed by atoms with E-state index in [1.54, 1.807) is 18.2 Å². The van der Waals surface area contributed by atoms with E-state index < -0.39 is 0 Å². The van der Waals surface area contributed by atoms with Gasteiger partial charge in [0.1, 0.15) is 5.82 Å². The van der Waals surface area contributed by atoms with E-state index in [4.69, 9.17) is 17.3 Å². The second-order valence-corrected chi connectivity index (χ2v) is 5.57. The minimum atomic E-state index is -0.361. The molecule has 108 valence electrons. The zero-order valence-corrected chi connectivity index (χ0v) is 12.6. The number of hydrogen-bond donors (Lipinski definition) is 1. The summed E-state index contributed by atoms with van der Waals surface area (Å²) in [6, 6.07) is 4.80. The van der Waals surface area contributed by atoms with Crippen LogP contribution in [0.4, 0.5) is 4.39 Å². The molecule has 1 rings (SSSR count). The Hall–Kier alpha value is -0.600. The van der Waals surface area contributed by atoms with Gasteiger partial charge in [-0.2, -0.15) is 0 Å². The van der Waals surface area contributed by atoms with Gasteiger partial charge in [-0.15, -0.1) is 0 Å². The molecule has 19 heavy (non-hydrogen) atoms. The molecule has 1 atom stereocenters. The normalized spacial score (nSPS) is 12.6. The van der Waals surface area contributed by atoms with Gasteiger partial charge in [0, 0.05) is 11.6 Å². The first-order chi connectivity index (χ1) is 9.16. The first kappa shape index (κ1) is 16.5. The highest BCUT2D eigenvalue weighted by atomic mass is 35.5. The lowest BCUT2D eigenvalue weighted by Gasteiger charge is -2.13. The minimum absolute atomic E-state index is 0.160. The van der Waals surface area contributed by atoms with Gasteiger partial charge < -0.3 is 5.73 Å². The molecule has 0 fully saturated rings. The molecule has 0 heterocycles. The predicted molar refractivity (Wildman–Crippen MR) is 80.9 cm³/mol. The van der Waals surface area contributed by atoms with Crippen LogP contribution in [0.2, 0.25) is 5.02 Å². The molecule has 1 aromatic rings. The van der Waals surface area contributed by atoms with Crippen molar-refractivity contribution in [2.24, 2.45) is 5.73 Å². The largest absolute Gasteiger partial charge is 0.324 e. The molecule has 1 unspecified atom stereocenters. The fourth-order valence-electron chi connectivity index (χ4n) is 2.28. The van der Waals surface area contributed by atoms with Gasteiger partial charge in [0.15, 0.2) is 0 Å². The topological polar surface area (TPSA) is 26.0 Å². The molecule has 0 amide bonds. The van der Waals surface area contributed by atoms with Crippen LogP contribution in [0, 0.1) is 5.82 Å². The van der Waals surface area contributed by atoms with Crippen molar-refractivity contribution < 1.29 is 4.39 Å². The van der Waals surface area contributed by atoms with Gasteiger partial charge >= 0.3 is 0 Å². The van der Waals surface area contributed by atoms with Crippen LogP contribution >= 0.6 is 11.6 Å². The SMILES string of the molecule is CCCCCCCCCC(N)c1cccc(Cl)c1F. The minimum Gasteiger partial charge on any atom is -0.324 e. The average molecular weight is 286 g/mol. The molecule has 0 aliphatic rings. The molecule has 3 heteroatoms. The molecule has 0 bridgehead atoms. The number of halogens is 2. The number of unbranched alkanes of at least 4 members (excludes halogenated alkanes) is 6. The maximum absolute atomic E-state index is 13.8. The summed E-state index contributed by atoms with van der Waals surface area (Å²) in [6.07, 6.45) is 9.54. The second-order valence-electron chi connectivity index (χ2n) is 5.16. The Morgan fingerprint density at radius 1 is 1.11 bits per heavy atom. The summed E-state index contributed by atoms with van der Waals surface area (Å²) in [4.78, 5) is 0. The predicted octanol–water partition coefficient (Wildman–Crippen LogP) is 5.62. The van der Waals surface area contributed by atoms with Crippen molar-refractivity contribution in [1.82, 2.24) is 0 Å². The lowest BCUT2D eigenvalue weighted by molar-refractivity contribution is 0.520. The van der Waals surface area contributed by atoms with Crippen molar-refractivity contribution in [3.05, 3.63) is 34.6 Å². The molecule has 0 aromatic heterocycles. The van der Waals surface area contributed by atoms with Crippen molar-refractivity contribution in [3.63, 3.8) is 0 Å². The molecular weight excluding hydrogens is 261 g/mol. The third-order valence-corrected chi connectivity index (χ3v) is 3.79. The van der Waals surface area contributed by atoms with Crippen molar-refractivity contribution in [2.75, 3.05) is 0 Å². The first-order valence-corrected chi connectivity index (χ1v) is 7.74. The number of nitrogens with two attached hydrogens (primary N) is 1. The first-order valence-electron chi connectivity index (χ1n) is 7.36. The molecular formula is C16H25ClFN. The summed E-state index contributed by atoms with van der Waals surface area (Å²) in [7, 11) is 0. The smallest absolute Gasteiger partial charge is 0.146 e. The van der Waals surface area contributed by atoms with Gasteiger partial charge in [0.25, 0.3) is 0 Å². The maximum Gasteiger partial charge on any atom is 0.146 e. The van der Waals surface area contributed by atoms with Crippen molar-refractivity contribution in [1.29, 1.82) is 0 Å². The summed E-state index contributed by atoms with van der Waals surface area (Å²) in [5, 5.41) is 0.160. The van der Waals surface area contributed by atoms with Gasteiger partial charge in [0.05, 0.1) is 5.02 Å².